The summed E-state index contributed by atoms with van der Waals surface area (Å²) in [6, 6.07) is -0.107. The van der Waals surface area contributed by atoms with E-state index in [1.54, 1.807) is 13.8 Å². The van der Waals surface area contributed by atoms with Crippen LogP contribution < -0.4 is 5.73 Å². The van der Waals surface area contributed by atoms with E-state index in [1.807, 2.05) is 0 Å². The van der Waals surface area contributed by atoms with Crippen molar-refractivity contribution in [2.75, 3.05) is 7.05 Å². The summed E-state index contributed by atoms with van der Waals surface area (Å²) in [6.07, 6.45) is 1.43. The maximum atomic E-state index is 12.0. The van der Waals surface area contributed by atoms with Crippen LogP contribution in [0.3, 0.4) is 0 Å². The molecule has 0 spiro atoms. The van der Waals surface area contributed by atoms with Crippen LogP contribution in [0.15, 0.2) is 11.2 Å². The molecule has 3 N–H and O–H groups in total. The molecule has 1 heterocycles. The molecule has 1 aromatic heterocycles. The fourth-order valence-electron chi connectivity index (χ4n) is 1.09. The lowest BCUT2D eigenvalue weighted by Gasteiger charge is -2.20. The zero-order chi connectivity index (χ0) is 11.6. The molecular weight excluding hydrogens is 216 g/mol. The summed E-state index contributed by atoms with van der Waals surface area (Å²) >= 11 is 0. The van der Waals surface area contributed by atoms with Gasteiger partial charge in [-0.05, 0) is 13.8 Å². The summed E-state index contributed by atoms with van der Waals surface area (Å²) in [6.45, 7) is 3.75. The lowest BCUT2D eigenvalue weighted by atomic mass is 10.4. The highest BCUT2D eigenvalue weighted by atomic mass is 32.2. The minimum absolute atomic E-state index is 0.0844. The van der Waals surface area contributed by atoms with Crippen LogP contribution in [0.1, 0.15) is 19.4 Å². The fraction of sp³-hybridized carbons (Fsp3) is 0.625. The van der Waals surface area contributed by atoms with Crippen molar-refractivity contribution in [2.24, 2.45) is 5.73 Å². The van der Waals surface area contributed by atoms with Gasteiger partial charge in [-0.25, -0.2) is 8.42 Å². The van der Waals surface area contributed by atoms with E-state index in [4.69, 9.17) is 5.73 Å². The molecule has 0 bridgehead atoms. The summed E-state index contributed by atoms with van der Waals surface area (Å²) < 4.78 is 25.3. The van der Waals surface area contributed by atoms with Crippen LogP contribution in [0, 0.1) is 0 Å². The third kappa shape index (κ3) is 2.19. The van der Waals surface area contributed by atoms with Crippen molar-refractivity contribution in [3.63, 3.8) is 0 Å². The fourth-order valence-corrected chi connectivity index (χ4v) is 2.57. The minimum Gasteiger partial charge on any atom is -0.326 e. The Morgan fingerprint density at radius 1 is 1.60 bits per heavy atom. The van der Waals surface area contributed by atoms with Gasteiger partial charge in [-0.2, -0.15) is 9.40 Å². The number of nitrogens with two attached hydrogens (primary N) is 1. The first kappa shape index (κ1) is 12.2. The maximum Gasteiger partial charge on any atom is 0.260 e. The van der Waals surface area contributed by atoms with Crippen molar-refractivity contribution in [3.8, 4) is 0 Å². The SMILES string of the molecule is CC(C)N(C)S(=O)(=O)c1[nH]ncc1CN. The standard InChI is InChI=1S/C8H16N4O2S/c1-6(2)12(3)15(13,14)8-7(4-9)5-10-11-8/h5-6H,4,9H2,1-3H3,(H,10,11). The van der Waals surface area contributed by atoms with Gasteiger partial charge < -0.3 is 5.73 Å². The van der Waals surface area contributed by atoms with Crippen LogP contribution in [-0.2, 0) is 16.6 Å². The van der Waals surface area contributed by atoms with Crippen LogP contribution in [0.2, 0.25) is 0 Å². The molecule has 6 nitrogen and oxygen atoms in total. The zero-order valence-corrected chi connectivity index (χ0v) is 9.87. The zero-order valence-electron chi connectivity index (χ0n) is 9.06. The highest BCUT2D eigenvalue weighted by molar-refractivity contribution is 7.89. The van der Waals surface area contributed by atoms with Gasteiger partial charge in [0.05, 0.1) is 6.20 Å². The normalized spacial score (nSPS) is 12.7. The summed E-state index contributed by atoms with van der Waals surface area (Å²) in [5.74, 6) is 0. The van der Waals surface area contributed by atoms with Crippen molar-refractivity contribution in [1.29, 1.82) is 0 Å². The van der Waals surface area contributed by atoms with Gasteiger partial charge >= 0.3 is 0 Å². The molecule has 1 rings (SSSR count). The average Bonchev–Trinajstić information content (AvgIpc) is 2.64. The van der Waals surface area contributed by atoms with Gasteiger partial charge in [-0.1, -0.05) is 0 Å². The van der Waals surface area contributed by atoms with Crippen LogP contribution in [0.25, 0.3) is 0 Å². The number of sulfonamides is 1. The number of H-pyrrole nitrogens is 1. The Kier molecular flexibility index (Phi) is 3.48. The Morgan fingerprint density at radius 2 is 2.20 bits per heavy atom. The average molecular weight is 232 g/mol. The van der Waals surface area contributed by atoms with E-state index < -0.39 is 10.0 Å². The van der Waals surface area contributed by atoms with E-state index in [9.17, 15) is 8.42 Å². The van der Waals surface area contributed by atoms with Gasteiger partial charge in [0.1, 0.15) is 0 Å². The molecule has 1 aromatic rings. The van der Waals surface area contributed by atoms with E-state index in [2.05, 4.69) is 10.2 Å². The molecule has 0 atom stereocenters. The molecule has 0 radical (unpaired) electrons. The Labute approximate surface area is 89.5 Å². The van der Waals surface area contributed by atoms with Crippen LogP contribution in [0.5, 0.6) is 0 Å². The molecule has 0 fully saturated rings. The second-order valence-corrected chi connectivity index (χ2v) is 5.48. The molecule has 0 unspecified atom stereocenters. The lowest BCUT2D eigenvalue weighted by molar-refractivity contribution is 0.408. The number of rotatable bonds is 4. The van der Waals surface area contributed by atoms with Crippen LogP contribution in [-0.4, -0.2) is 36.0 Å². The molecule has 15 heavy (non-hydrogen) atoms. The first-order valence-electron chi connectivity index (χ1n) is 4.61. The van der Waals surface area contributed by atoms with E-state index >= 15 is 0 Å². The lowest BCUT2D eigenvalue weighted by Crippen LogP contribution is -2.34. The summed E-state index contributed by atoms with van der Waals surface area (Å²) in [4.78, 5) is 0. The topological polar surface area (TPSA) is 92.1 Å². The number of aromatic nitrogens is 2. The van der Waals surface area contributed by atoms with E-state index in [0.29, 0.717) is 5.56 Å². The van der Waals surface area contributed by atoms with E-state index in [0.717, 1.165) is 0 Å². The summed E-state index contributed by atoms with van der Waals surface area (Å²) in [5.41, 5.74) is 5.93. The summed E-state index contributed by atoms with van der Waals surface area (Å²) in [7, 11) is -1.97. The first-order valence-corrected chi connectivity index (χ1v) is 6.05. The van der Waals surface area contributed by atoms with E-state index in [1.165, 1.54) is 17.5 Å². The predicted octanol–water partition coefficient (Wildman–Crippen LogP) is -0.103. The summed E-state index contributed by atoms with van der Waals surface area (Å²) in [5, 5.41) is 6.25. The van der Waals surface area contributed by atoms with Gasteiger partial charge in [-0.15, -0.1) is 0 Å². The third-order valence-electron chi connectivity index (χ3n) is 2.26. The molecule has 0 saturated heterocycles. The quantitative estimate of drug-likeness (QED) is 0.758. The molecule has 0 amide bonds. The van der Waals surface area contributed by atoms with Crippen molar-refractivity contribution >= 4 is 10.0 Å². The van der Waals surface area contributed by atoms with Crippen molar-refractivity contribution in [2.45, 2.75) is 31.5 Å². The molecule has 0 saturated carbocycles. The minimum atomic E-state index is -3.50. The second kappa shape index (κ2) is 4.30. The smallest absolute Gasteiger partial charge is 0.260 e. The molecule has 7 heteroatoms. The maximum absolute atomic E-state index is 12.0. The molecule has 0 aliphatic heterocycles. The number of aromatic amines is 1. The van der Waals surface area contributed by atoms with Gasteiger partial charge in [0.25, 0.3) is 10.0 Å². The third-order valence-corrected chi connectivity index (χ3v) is 4.31. The molecule has 0 aliphatic rings. The van der Waals surface area contributed by atoms with E-state index in [-0.39, 0.29) is 17.6 Å². The predicted molar refractivity (Wildman–Crippen MR) is 56.6 cm³/mol. The van der Waals surface area contributed by atoms with Gasteiger partial charge in [0.2, 0.25) is 0 Å². The largest absolute Gasteiger partial charge is 0.326 e. The van der Waals surface area contributed by atoms with Crippen molar-refractivity contribution in [3.05, 3.63) is 11.8 Å². The monoisotopic (exact) mass is 232 g/mol. The van der Waals surface area contributed by atoms with Gasteiger partial charge in [0, 0.05) is 25.2 Å². The Balaban J connectivity index is 3.17. The van der Waals surface area contributed by atoms with Gasteiger partial charge in [-0.3, -0.25) is 5.10 Å². The molecular formula is C8H16N4O2S. The molecule has 0 aromatic carbocycles. The van der Waals surface area contributed by atoms with Crippen molar-refractivity contribution in [1.82, 2.24) is 14.5 Å². The number of nitrogens with one attached hydrogen (secondary N) is 1. The molecule has 0 aliphatic carbocycles. The Hall–Kier alpha value is -0.920. The van der Waals surface area contributed by atoms with Gasteiger partial charge in [0.15, 0.2) is 5.03 Å². The van der Waals surface area contributed by atoms with Crippen LogP contribution >= 0.6 is 0 Å². The van der Waals surface area contributed by atoms with Crippen molar-refractivity contribution < 1.29 is 8.42 Å². The number of hydrogen-bond donors (Lipinski definition) is 2. The Bertz CT molecular complexity index is 424. The Morgan fingerprint density at radius 3 is 2.67 bits per heavy atom. The second-order valence-electron chi connectivity index (χ2n) is 3.54. The molecule has 86 valence electrons. The number of hydrogen-bond acceptors (Lipinski definition) is 4. The number of nitrogens with zero attached hydrogens (tertiary/aromatic N) is 2. The highest BCUT2D eigenvalue weighted by Crippen LogP contribution is 2.17. The highest BCUT2D eigenvalue weighted by Gasteiger charge is 2.26. The van der Waals surface area contributed by atoms with Crippen LogP contribution in [0.4, 0.5) is 0 Å². The first-order chi connectivity index (χ1) is 6.91.